The predicted molar refractivity (Wildman–Crippen MR) is 103 cm³/mol. The number of carbonyl (C=O) groups excluding carboxylic acids is 1. The van der Waals surface area contributed by atoms with Crippen molar-refractivity contribution in [3.05, 3.63) is 59.5 Å². The molecule has 0 saturated carbocycles. The molecule has 27 heavy (non-hydrogen) atoms. The first-order valence-electron chi connectivity index (χ1n) is 9.39. The third kappa shape index (κ3) is 3.79. The Labute approximate surface area is 158 Å². The molecule has 1 fully saturated rings. The van der Waals surface area contributed by atoms with Crippen LogP contribution in [0.1, 0.15) is 34.3 Å². The molecule has 3 heterocycles. The number of aryl methyl sites for hydroxylation is 2. The number of hydrogen-bond donors (Lipinski definition) is 0. The lowest BCUT2D eigenvalue weighted by atomic mass is 9.98. The van der Waals surface area contributed by atoms with Crippen LogP contribution >= 0.6 is 0 Å². The molecule has 1 aliphatic heterocycles. The van der Waals surface area contributed by atoms with Crippen LogP contribution < -0.4 is 4.74 Å². The summed E-state index contributed by atoms with van der Waals surface area (Å²) in [7, 11) is 0. The molecule has 0 unspecified atom stereocenters. The monoisotopic (exact) mass is 364 g/mol. The minimum Gasteiger partial charge on any atom is -0.493 e. The maximum Gasteiger partial charge on any atom is 0.259 e. The highest BCUT2D eigenvalue weighted by Gasteiger charge is 2.27. The van der Waals surface area contributed by atoms with Gasteiger partial charge < -0.3 is 9.64 Å². The third-order valence-corrected chi connectivity index (χ3v) is 5.03. The quantitative estimate of drug-likeness (QED) is 0.713. The van der Waals surface area contributed by atoms with Crippen LogP contribution in [0.15, 0.2) is 42.9 Å². The molecule has 1 aliphatic rings. The van der Waals surface area contributed by atoms with Crippen LogP contribution in [0.25, 0.3) is 5.65 Å². The summed E-state index contributed by atoms with van der Waals surface area (Å²) in [5, 5.41) is 4.28. The van der Waals surface area contributed by atoms with Gasteiger partial charge in [0.25, 0.3) is 5.91 Å². The van der Waals surface area contributed by atoms with E-state index < -0.39 is 0 Å². The van der Waals surface area contributed by atoms with Gasteiger partial charge in [-0.15, -0.1) is 0 Å². The fourth-order valence-corrected chi connectivity index (χ4v) is 3.52. The normalized spacial score (nSPS) is 17.3. The molecule has 1 aromatic carbocycles. The highest BCUT2D eigenvalue weighted by molar-refractivity contribution is 5.99. The first-order chi connectivity index (χ1) is 13.1. The average molecular weight is 364 g/mol. The molecule has 6 nitrogen and oxygen atoms in total. The Morgan fingerprint density at radius 2 is 2.00 bits per heavy atom. The van der Waals surface area contributed by atoms with E-state index in [0.29, 0.717) is 30.3 Å². The van der Waals surface area contributed by atoms with E-state index in [9.17, 15) is 4.79 Å². The van der Waals surface area contributed by atoms with E-state index in [1.807, 2.05) is 42.3 Å². The number of benzene rings is 1. The molecule has 140 valence electrons. The van der Waals surface area contributed by atoms with Crippen LogP contribution in [0.2, 0.25) is 0 Å². The largest absolute Gasteiger partial charge is 0.493 e. The summed E-state index contributed by atoms with van der Waals surface area (Å²) >= 11 is 0. The first kappa shape index (κ1) is 17.5. The Hall–Kier alpha value is -2.89. The Bertz CT molecular complexity index is 948. The Kier molecular flexibility index (Phi) is 4.79. The molecule has 3 aromatic rings. The average Bonchev–Trinajstić information content (AvgIpc) is 3.10. The number of nitrogens with zero attached hydrogens (tertiary/aromatic N) is 4. The van der Waals surface area contributed by atoms with Gasteiger partial charge >= 0.3 is 0 Å². The number of aromatic nitrogens is 3. The Morgan fingerprint density at radius 3 is 2.81 bits per heavy atom. The molecule has 1 atom stereocenters. The van der Waals surface area contributed by atoms with Crippen LogP contribution in [0.5, 0.6) is 5.75 Å². The van der Waals surface area contributed by atoms with E-state index >= 15 is 0 Å². The van der Waals surface area contributed by atoms with Gasteiger partial charge in [-0.3, -0.25) is 4.79 Å². The molecule has 6 heteroatoms. The second-order valence-corrected chi connectivity index (χ2v) is 7.34. The molecule has 0 radical (unpaired) electrons. The van der Waals surface area contributed by atoms with Gasteiger partial charge in [0.15, 0.2) is 5.65 Å². The van der Waals surface area contributed by atoms with E-state index in [-0.39, 0.29) is 5.91 Å². The zero-order valence-corrected chi connectivity index (χ0v) is 15.8. The van der Waals surface area contributed by atoms with Gasteiger partial charge in [-0.05, 0) is 44.4 Å². The standard InChI is InChI=1S/C21H24N4O2/c1-15-5-7-18(8-6-15)27-14-17-4-3-9-24(13-17)21(26)19-11-23-25-12-16(2)10-22-20(19)25/h5-8,10-12,17H,3-4,9,13-14H2,1-2H3/t17-/m0/s1. The molecule has 0 spiro atoms. The van der Waals surface area contributed by atoms with Crippen LogP contribution in [0.4, 0.5) is 0 Å². The number of hydrogen-bond acceptors (Lipinski definition) is 4. The van der Waals surface area contributed by atoms with Gasteiger partial charge in [-0.1, -0.05) is 17.7 Å². The fraction of sp³-hybridized carbons (Fsp3) is 0.381. The van der Waals surface area contributed by atoms with Gasteiger partial charge in [-0.2, -0.15) is 5.10 Å². The summed E-state index contributed by atoms with van der Waals surface area (Å²) in [6.07, 6.45) is 7.33. The van der Waals surface area contributed by atoms with Crippen LogP contribution in [0, 0.1) is 19.8 Å². The number of rotatable bonds is 4. The number of carbonyl (C=O) groups is 1. The summed E-state index contributed by atoms with van der Waals surface area (Å²) in [6, 6.07) is 8.08. The smallest absolute Gasteiger partial charge is 0.259 e. The summed E-state index contributed by atoms with van der Waals surface area (Å²) < 4.78 is 7.61. The summed E-state index contributed by atoms with van der Waals surface area (Å²) in [5.41, 5.74) is 3.41. The third-order valence-electron chi connectivity index (χ3n) is 5.03. The topological polar surface area (TPSA) is 59.7 Å². The molecule has 4 rings (SSSR count). The molecule has 1 amide bonds. The number of fused-ring (bicyclic) bond motifs is 1. The lowest BCUT2D eigenvalue weighted by molar-refractivity contribution is 0.0635. The van der Waals surface area contributed by atoms with Crippen molar-refractivity contribution in [3.8, 4) is 5.75 Å². The maximum atomic E-state index is 13.0. The molecule has 0 bridgehead atoms. The number of amides is 1. The Morgan fingerprint density at radius 1 is 1.19 bits per heavy atom. The van der Waals surface area contributed by atoms with Gasteiger partial charge in [0.2, 0.25) is 0 Å². The van der Waals surface area contributed by atoms with Crippen LogP contribution in [0.3, 0.4) is 0 Å². The highest BCUT2D eigenvalue weighted by Crippen LogP contribution is 2.22. The minimum absolute atomic E-state index is 0.00129. The first-order valence-corrected chi connectivity index (χ1v) is 9.39. The maximum absolute atomic E-state index is 13.0. The number of ether oxygens (including phenoxy) is 1. The van der Waals surface area contributed by atoms with E-state index in [4.69, 9.17) is 4.74 Å². The zero-order chi connectivity index (χ0) is 18.8. The van der Waals surface area contributed by atoms with Crippen molar-refractivity contribution >= 4 is 11.6 Å². The van der Waals surface area contributed by atoms with Gasteiger partial charge in [0.1, 0.15) is 11.3 Å². The summed E-state index contributed by atoms with van der Waals surface area (Å²) in [6.45, 7) is 6.11. The molecule has 0 aliphatic carbocycles. The van der Waals surface area contributed by atoms with Crippen LogP contribution in [-0.2, 0) is 0 Å². The molecule has 0 N–H and O–H groups in total. The molecular formula is C21H24N4O2. The second kappa shape index (κ2) is 7.39. The molecule has 1 saturated heterocycles. The van der Waals surface area contributed by atoms with Crippen LogP contribution in [-0.4, -0.2) is 45.1 Å². The van der Waals surface area contributed by atoms with Crippen molar-refractivity contribution in [2.45, 2.75) is 26.7 Å². The van der Waals surface area contributed by atoms with Gasteiger partial charge in [0, 0.05) is 31.4 Å². The van der Waals surface area contributed by atoms with Gasteiger partial charge in [0.05, 0.1) is 12.8 Å². The van der Waals surface area contributed by atoms with Gasteiger partial charge in [-0.25, -0.2) is 9.50 Å². The fourth-order valence-electron chi connectivity index (χ4n) is 3.52. The zero-order valence-electron chi connectivity index (χ0n) is 15.8. The van der Waals surface area contributed by atoms with Crippen molar-refractivity contribution in [2.24, 2.45) is 5.92 Å². The lowest BCUT2D eigenvalue weighted by Crippen LogP contribution is -2.41. The minimum atomic E-state index is 0.00129. The summed E-state index contributed by atoms with van der Waals surface area (Å²) in [5.74, 6) is 1.22. The molecule has 2 aromatic heterocycles. The second-order valence-electron chi connectivity index (χ2n) is 7.34. The van der Waals surface area contributed by atoms with Crippen molar-refractivity contribution in [1.29, 1.82) is 0 Å². The Balaban J connectivity index is 1.42. The van der Waals surface area contributed by atoms with E-state index in [2.05, 4.69) is 17.0 Å². The number of likely N-dealkylation sites (tertiary alicyclic amines) is 1. The van der Waals surface area contributed by atoms with E-state index in [1.165, 1.54) is 5.56 Å². The van der Waals surface area contributed by atoms with Crippen molar-refractivity contribution in [2.75, 3.05) is 19.7 Å². The highest BCUT2D eigenvalue weighted by atomic mass is 16.5. The summed E-state index contributed by atoms with van der Waals surface area (Å²) in [4.78, 5) is 19.3. The number of piperidine rings is 1. The van der Waals surface area contributed by atoms with Crippen molar-refractivity contribution in [1.82, 2.24) is 19.5 Å². The van der Waals surface area contributed by atoms with E-state index in [1.54, 1.807) is 16.9 Å². The SMILES string of the molecule is Cc1ccc(OC[C@H]2CCCN(C(=O)c3cnn4cc(C)cnc34)C2)cc1. The predicted octanol–water partition coefficient (Wildman–Crippen LogP) is 3.28. The van der Waals surface area contributed by atoms with Crippen molar-refractivity contribution < 1.29 is 9.53 Å². The lowest BCUT2D eigenvalue weighted by Gasteiger charge is -2.32. The molecular weight excluding hydrogens is 340 g/mol. The van der Waals surface area contributed by atoms with Crippen molar-refractivity contribution in [3.63, 3.8) is 0 Å². The van der Waals surface area contributed by atoms with E-state index in [0.717, 1.165) is 30.7 Å².